The van der Waals surface area contributed by atoms with Gasteiger partial charge in [-0.2, -0.15) is 5.10 Å². The number of rotatable bonds is 3. The molecule has 0 aliphatic rings. The summed E-state index contributed by atoms with van der Waals surface area (Å²) in [5, 5.41) is 3.99. The van der Waals surface area contributed by atoms with Crippen molar-refractivity contribution in [1.29, 1.82) is 0 Å². The molecule has 0 spiro atoms. The number of hydrogen-bond donors (Lipinski definition) is 0. The van der Waals surface area contributed by atoms with E-state index in [1.807, 2.05) is 19.2 Å². The lowest BCUT2D eigenvalue weighted by Crippen LogP contribution is -2.04. The molecule has 84 valence electrons. The summed E-state index contributed by atoms with van der Waals surface area (Å²) in [5.74, 6) is 1.69. The molecule has 0 atom stereocenters. The van der Waals surface area contributed by atoms with Gasteiger partial charge >= 0.3 is 0 Å². The van der Waals surface area contributed by atoms with Gasteiger partial charge in [-0.05, 0) is 37.1 Å². The van der Waals surface area contributed by atoms with E-state index in [9.17, 15) is 0 Å². The third kappa shape index (κ3) is 2.39. The molecule has 1 heterocycles. The maximum absolute atomic E-state index is 5.67. The first-order valence-electron chi connectivity index (χ1n) is 5.19. The van der Waals surface area contributed by atoms with Crippen LogP contribution in [0.3, 0.4) is 0 Å². The minimum Gasteiger partial charge on any atom is -0.486 e. The summed E-state index contributed by atoms with van der Waals surface area (Å²) in [4.78, 5) is 4.10. The third-order valence-electron chi connectivity index (χ3n) is 2.37. The minimum absolute atomic E-state index is 0.444. The average molecular weight is 217 g/mol. The van der Waals surface area contributed by atoms with Gasteiger partial charge < -0.3 is 4.74 Å². The average Bonchev–Trinajstić information content (AvgIpc) is 2.59. The van der Waals surface area contributed by atoms with Crippen LogP contribution in [-0.4, -0.2) is 14.8 Å². The third-order valence-corrected chi connectivity index (χ3v) is 2.37. The van der Waals surface area contributed by atoms with Crippen LogP contribution in [0.5, 0.6) is 5.75 Å². The van der Waals surface area contributed by atoms with Crippen molar-refractivity contribution in [1.82, 2.24) is 14.8 Å². The molecule has 0 N–H and O–H groups in total. The zero-order valence-corrected chi connectivity index (χ0v) is 9.77. The second kappa shape index (κ2) is 4.35. The Morgan fingerprint density at radius 2 is 1.88 bits per heavy atom. The van der Waals surface area contributed by atoms with Crippen LogP contribution in [0.1, 0.15) is 17.0 Å². The number of aryl methyl sites for hydroxylation is 3. The number of benzene rings is 1. The Bertz CT molecular complexity index is 471. The van der Waals surface area contributed by atoms with Gasteiger partial charge in [-0.1, -0.05) is 6.07 Å². The van der Waals surface area contributed by atoms with E-state index in [2.05, 4.69) is 30.0 Å². The van der Waals surface area contributed by atoms with Crippen molar-refractivity contribution in [3.8, 4) is 5.75 Å². The van der Waals surface area contributed by atoms with E-state index in [4.69, 9.17) is 4.74 Å². The molecule has 2 aromatic rings. The topological polar surface area (TPSA) is 39.9 Å². The lowest BCUT2D eigenvalue weighted by Gasteiger charge is -2.07. The smallest absolute Gasteiger partial charge is 0.164 e. The summed E-state index contributed by atoms with van der Waals surface area (Å²) < 4.78 is 7.38. The fourth-order valence-electron chi connectivity index (χ4n) is 1.61. The van der Waals surface area contributed by atoms with Crippen LogP contribution >= 0.6 is 0 Å². The maximum atomic E-state index is 5.67. The molecule has 2 rings (SSSR count). The van der Waals surface area contributed by atoms with Gasteiger partial charge in [-0.15, -0.1) is 0 Å². The molecule has 0 unspecified atom stereocenters. The second-order valence-corrected chi connectivity index (χ2v) is 3.91. The molecule has 16 heavy (non-hydrogen) atoms. The summed E-state index contributed by atoms with van der Waals surface area (Å²) in [5.41, 5.74) is 2.40. The summed E-state index contributed by atoms with van der Waals surface area (Å²) in [6.45, 7) is 4.56. The molecule has 4 heteroatoms. The summed E-state index contributed by atoms with van der Waals surface area (Å²) in [6, 6.07) is 6.15. The van der Waals surface area contributed by atoms with Crippen molar-refractivity contribution in [2.24, 2.45) is 7.05 Å². The second-order valence-electron chi connectivity index (χ2n) is 3.91. The van der Waals surface area contributed by atoms with E-state index in [1.165, 1.54) is 17.5 Å². The Kier molecular flexibility index (Phi) is 2.90. The van der Waals surface area contributed by atoms with E-state index in [1.54, 1.807) is 4.68 Å². The maximum Gasteiger partial charge on any atom is 0.164 e. The molecule has 0 aliphatic heterocycles. The standard InChI is InChI=1S/C12H15N3O/c1-9-4-10(2)6-11(5-9)16-7-12-13-8-14-15(12)3/h4-6,8H,7H2,1-3H3. The van der Waals surface area contributed by atoms with Crippen molar-refractivity contribution in [3.05, 3.63) is 41.5 Å². The van der Waals surface area contributed by atoms with Crippen molar-refractivity contribution in [2.45, 2.75) is 20.5 Å². The monoisotopic (exact) mass is 217 g/mol. The first-order chi connectivity index (χ1) is 7.65. The van der Waals surface area contributed by atoms with Crippen LogP contribution in [0.2, 0.25) is 0 Å². The zero-order chi connectivity index (χ0) is 11.5. The van der Waals surface area contributed by atoms with E-state index in [0.717, 1.165) is 11.6 Å². The van der Waals surface area contributed by atoms with Crippen molar-refractivity contribution in [2.75, 3.05) is 0 Å². The highest BCUT2D eigenvalue weighted by molar-refractivity contribution is 5.32. The quantitative estimate of drug-likeness (QED) is 0.789. The predicted molar refractivity (Wildman–Crippen MR) is 61.3 cm³/mol. The van der Waals surface area contributed by atoms with Gasteiger partial charge in [0.05, 0.1) is 0 Å². The molecule has 4 nitrogen and oxygen atoms in total. The van der Waals surface area contributed by atoms with Gasteiger partial charge in [0.2, 0.25) is 0 Å². The number of nitrogens with zero attached hydrogens (tertiary/aromatic N) is 3. The molecule has 0 amide bonds. The largest absolute Gasteiger partial charge is 0.486 e. The van der Waals surface area contributed by atoms with Crippen LogP contribution in [0, 0.1) is 13.8 Å². The SMILES string of the molecule is Cc1cc(C)cc(OCc2ncnn2C)c1. The Morgan fingerprint density at radius 1 is 1.19 bits per heavy atom. The summed E-state index contributed by atoms with van der Waals surface area (Å²) in [7, 11) is 1.85. The van der Waals surface area contributed by atoms with Crippen LogP contribution in [-0.2, 0) is 13.7 Å². The van der Waals surface area contributed by atoms with Crippen LogP contribution in [0.15, 0.2) is 24.5 Å². The highest BCUT2D eigenvalue weighted by atomic mass is 16.5. The van der Waals surface area contributed by atoms with Crippen LogP contribution < -0.4 is 4.74 Å². The highest BCUT2D eigenvalue weighted by Gasteiger charge is 2.02. The molecular formula is C12H15N3O. The molecule has 1 aromatic heterocycles. The summed E-state index contributed by atoms with van der Waals surface area (Å²) in [6.07, 6.45) is 1.53. The van der Waals surface area contributed by atoms with Crippen molar-refractivity contribution < 1.29 is 4.74 Å². The van der Waals surface area contributed by atoms with Crippen LogP contribution in [0.25, 0.3) is 0 Å². The first-order valence-corrected chi connectivity index (χ1v) is 5.19. The van der Waals surface area contributed by atoms with Crippen molar-refractivity contribution in [3.63, 3.8) is 0 Å². The van der Waals surface area contributed by atoms with E-state index in [-0.39, 0.29) is 0 Å². The zero-order valence-electron chi connectivity index (χ0n) is 9.77. The van der Waals surface area contributed by atoms with Gasteiger partial charge in [-0.3, -0.25) is 4.68 Å². The Balaban J connectivity index is 2.07. The highest BCUT2D eigenvalue weighted by Crippen LogP contribution is 2.17. The van der Waals surface area contributed by atoms with Crippen molar-refractivity contribution >= 4 is 0 Å². The van der Waals surface area contributed by atoms with E-state index in [0.29, 0.717) is 6.61 Å². The van der Waals surface area contributed by atoms with Crippen LogP contribution in [0.4, 0.5) is 0 Å². The lowest BCUT2D eigenvalue weighted by atomic mass is 10.1. The number of hydrogen-bond acceptors (Lipinski definition) is 3. The molecule has 0 radical (unpaired) electrons. The molecule has 0 bridgehead atoms. The van der Waals surface area contributed by atoms with Gasteiger partial charge in [0.15, 0.2) is 5.82 Å². The molecule has 0 fully saturated rings. The number of aromatic nitrogens is 3. The molecular weight excluding hydrogens is 202 g/mol. The normalized spacial score (nSPS) is 10.4. The fourth-order valence-corrected chi connectivity index (χ4v) is 1.61. The van der Waals surface area contributed by atoms with Gasteiger partial charge in [0.25, 0.3) is 0 Å². The molecule has 0 aliphatic carbocycles. The Morgan fingerprint density at radius 3 is 2.44 bits per heavy atom. The molecule has 1 aromatic carbocycles. The fraction of sp³-hybridized carbons (Fsp3) is 0.333. The Hall–Kier alpha value is -1.84. The van der Waals surface area contributed by atoms with Gasteiger partial charge in [0, 0.05) is 7.05 Å². The van der Waals surface area contributed by atoms with Gasteiger partial charge in [-0.25, -0.2) is 4.98 Å². The lowest BCUT2D eigenvalue weighted by molar-refractivity contribution is 0.289. The van der Waals surface area contributed by atoms with E-state index < -0.39 is 0 Å². The summed E-state index contributed by atoms with van der Waals surface area (Å²) >= 11 is 0. The minimum atomic E-state index is 0.444. The molecule has 0 saturated heterocycles. The first kappa shape index (κ1) is 10.7. The van der Waals surface area contributed by atoms with E-state index >= 15 is 0 Å². The predicted octanol–water partition coefficient (Wildman–Crippen LogP) is 2.01. The molecule has 0 saturated carbocycles. The van der Waals surface area contributed by atoms with Gasteiger partial charge in [0.1, 0.15) is 18.7 Å². The Labute approximate surface area is 94.9 Å². The number of ether oxygens (including phenoxy) is 1.